The summed E-state index contributed by atoms with van der Waals surface area (Å²) in [4.78, 5) is 14.1. The van der Waals surface area contributed by atoms with Crippen LogP contribution in [-0.2, 0) is 0 Å². The Bertz CT molecular complexity index is 378. The molecule has 15 heavy (non-hydrogen) atoms. The summed E-state index contributed by atoms with van der Waals surface area (Å²) >= 11 is 3.38. The molecule has 1 aromatic rings. The normalized spacial score (nSPS) is 20.7. The van der Waals surface area contributed by atoms with Crippen molar-refractivity contribution < 1.29 is 4.79 Å². The third-order valence-electron chi connectivity index (χ3n) is 2.89. The highest BCUT2D eigenvalue weighted by Gasteiger charge is 2.25. The highest BCUT2D eigenvalue weighted by molar-refractivity contribution is 9.10. The summed E-state index contributed by atoms with van der Waals surface area (Å²) in [5.74, 6) is 0.154. The predicted octanol–water partition coefficient (Wildman–Crippen LogP) is 3.07. The van der Waals surface area contributed by atoms with Crippen molar-refractivity contribution in [3.63, 3.8) is 0 Å². The Balaban J connectivity index is 2.20. The van der Waals surface area contributed by atoms with E-state index in [1.165, 1.54) is 0 Å². The van der Waals surface area contributed by atoms with Gasteiger partial charge < -0.3 is 4.90 Å². The van der Waals surface area contributed by atoms with Crippen molar-refractivity contribution in [3.05, 3.63) is 34.3 Å². The van der Waals surface area contributed by atoms with Gasteiger partial charge in [-0.1, -0.05) is 22.0 Å². The molecule has 1 heterocycles. The van der Waals surface area contributed by atoms with Gasteiger partial charge >= 0.3 is 0 Å². The summed E-state index contributed by atoms with van der Waals surface area (Å²) < 4.78 is 0.959. The predicted molar refractivity (Wildman–Crippen MR) is 63.9 cm³/mol. The van der Waals surface area contributed by atoms with Gasteiger partial charge in [-0.2, -0.15) is 0 Å². The Hall–Kier alpha value is -0.830. The lowest BCUT2D eigenvalue weighted by molar-refractivity contribution is 0.0747. The Labute approximate surface area is 98.4 Å². The van der Waals surface area contributed by atoms with Crippen LogP contribution in [0.25, 0.3) is 0 Å². The second kappa shape index (κ2) is 4.35. The fourth-order valence-corrected chi connectivity index (χ4v) is 2.42. The maximum absolute atomic E-state index is 12.1. The first-order valence-electron chi connectivity index (χ1n) is 5.25. The molecule has 2 nitrogen and oxygen atoms in total. The molecule has 0 spiro atoms. The van der Waals surface area contributed by atoms with E-state index in [-0.39, 0.29) is 5.91 Å². The van der Waals surface area contributed by atoms with E-state index in [0.717, 1.165) is 29.4 Å². The van der Waals surface area contributed by atoms with Gasteiger partial charge in [-0.15, -0.1) is 0 Å². The summed E-state index contributed by atoms with van der Waals surface area (Å²) in [7, 11) is 0. The molecule has 1 atom stereocenters. The first kappa shape index (κ1) is 10.7. The van der Waals surface area contributed by atoms with Crippen LogP contribution in [0.15, 0.2) is 28.7 Å². The molecule has 1 aliphatic rings. The Morgan fingerprint density at radius 3 is 2.93 bits per heavy atom. The zero-order valence-electron chi connectivity index (χ0n) is 8.74. The van der Waals surface area contributed by atoms with E-state index in [1.807, 2.05) is 29.2 Å². The largest absolute Gasteiger partial charge is 0.336 e. The Kier molecular flexibility index (Phi) is 3.10. The molecule has 80 valence electrons. The van der Waals surface area contributed by atoms with Crippen LogP contribution in [0.2, 0.25) is 0 Å². The zero-order chi connectivity index (χ0) is 10.8. The second-order valence-electron chi connectivity index (χ2n) is 4.00. The topological polar surface area (TPSA) is 20.3 Å². The average molecular weight is 268 g/mol. The van der Waals surface area contributed by atoms with Gasteiger partial charge in [-0.05, 0) is 38.0 Å². The van der Waals surface area contributed by atoms with Crippen LogP contribution < -0.4 is 0 Å². The SMILES string of the molecule is C[C@H]1CCCN1C(=O)c1cccc(Br)c1. The summed E-state index contributed by atoms with van der Waals surface area (Å²) in [6.45, 7) is 3.01. The number of carbonyl (C=O) groups is 1. The summed E-state index contributed by atoms with van der Waals surface area (Å²) in [5.41, 5.74) is 0.776. The number of rotatable bonds is 1. The first-order valence-corrected chi connectivity index (χ1v) is 6.04. The van der Waals surface area contributed by atoms with Crippen molar-refractivity contribution in [2.45, 2.75) is 25.8 Å². The van der Waals surface area contributed by atoms with E-state index < -0.39 is 0 Å². The molecule has 1 amide bonds. The molecular weight excluding hydrogens is 254 g/mol. The van der Waals surface area contributed by atoms with Gasteiger partial charge in [0, 0.05) is 22.6 Å². The number of amides is 1. The third kappa shape index (κ3) is 2.23. The van der Waals surface area contributed by atoms with Crippen molar-refractivity contribution in [2.24, 2.45) is 0 Å². The lowest BCUT2D eigenvalue weighted by atomic mass is 10.2. The van der Waals surface area contributed by atoms with Crippen molar-refractivity contribution in [3.8, 4) is 0 Å². The van der Waals surface area contributed by atoms with Crippen LogP contribution in [0.4, 0.5) is 0 Å². The number of likely N-dealkylation sites (tertiary alicyclic amines) is 1. The minimum absolute atomic E-state index is 0.154. The molecule has 1 aliphatic heterocycles. The maximum atomic E-state index is 12.1. The zero-order valence-corrected chi connectivity index (χ0v) is 10.3. The Morgan fingerprint density at radius 1 is 1.53 bits per heavy atom. The van der Waals surface area contributed by atoms with Gasteiger partial charge in [0.25, 0.3) is 5.91 Å². The van der Waals surface area contributed by atoms with Crippen molar-refractivity contribution in [2.75, 3.05) is 6.54 Å². The molecule has 0 aliphatic carbocycles. The third-order valence-corrected chi connectivity index (χ3v) is 3.38. The van der Waals surface area contributed by atoms with E-state index in [2.05, 4.69) is 22.9 Å². The number of halogens is 1. The van der Waals surface area contributed by atoms with Crippen LogP contribution in [0.3, 0.4) is 0 Å². The minimum atomic E-state index is 0.154. The van der Waals surface area contributed by atoms with Crippen LogP contribution in [-0.4, -0.2) is 23.4 Å². The van der Waals surface area contributed by atoms with Crippen molar-refractivity contribution in [1.29, 1.82) is 0 Å². The molecule has 0 bridgehead atoms. The molecule has 1 aromatic carbocycles. The summed E-state index contributed by atoms with van der Waals surface area (Å²) in [6.07, 6.45) is 2.25. The molecule has 3 heteroatoms. The van der Waals surface area contributed by atoms with E-state index >= 15 is 0 Å². The van der Waals surface area contributed by atoms with E-state index in [9.17, 15) is 4.79 Å². The molecule has 0 saturated carbocycles. The fourth-order valence-electron chi connectivity index (χ4n) is 2.02. The number of hydrogen-bond acceptors (Lipinski definition) is 1. The molecule has 1 saturated heterocycles. The molecule has 0 unspecified atom stereocenters. The van der Waals surface area contributed by atoms with Crippen LogP contribution >= 0.6 is 15.9 Å². The molecule has 0 N–H and O–H groups in total. The van der Waals surface area contributed by atoms with Crippen LogP contribution in [0.1, 0.15) is 30.1 Å². The van der Waals surface area contributed by atoms with Gasteiger partial charge in [-0.25, -0.2) is 0 Å². The van der Waals surface area contributed by atoms with Gasteiger partial charge in [-0.3, -0.25) is 4.79 Å². The molecular formula is C12H14BrNO. The first-order chi connectivity index (χ1) is 7.18. The maximum Gasteiger partial charge on any atom is 0.254 e. The van der Waals surface area contributed by atoms with Gasteiger partial charge in [0.05, 0.1) is 0 Å². The second-order valence-corrected chi connectivity index (χ2v) is 4.92. The van der Waals surface area contributed by atoms with Crippen molar-refractivity contribution in [1.82, 2.24) is 4.90 Å². The number of nitrogens with zero attached hydrogens (tertiary/aromatic N) is 1. The molecule has 0 radical (unpaired) electrons. The standard InChI is InChI=1S/C12H14BrNO/c1-9-4-3-7-14(9)12(15)10-5-2-6-11(13)8-10/h2,5-6,8-9H,3-4,7H2,1H3/t9-/m0/s1. The van der Waals surface area contributed by atoms with Gasteiger partial charge in [0.1, 0.15) is 0 Å². The van der Waals surface area contributed by atoms with E-state index in [4.69, 9.17) is 0 Å². The van der Waals surface area contributed by atoms with Crippen molar-refractivity contribution >= 4 is 21.8 Å². The number of benzene rings is 1. The summed E-state index contributed by atoms with van der Waals surface area (Å²) in [5, 5.41) is 0. The van der Waals surface area contributed by atoms with E-state index in [1.54, 1.807) is 0 Å². The lowest BCUT2D eigenvalue weighted by Gasteiger charge is -2.21. The molecule has 2 rings (SSSR count). The monoisotopic (exact) mass is 267 g/mol. The van der Waals surface area contributed by atoms with Gasteiger partial charge in [0.2, 0.25) is 0 Å². The Morgan fingerprint density at radius 2 is 2.33 bits per heavy atom. The number of hydrogen-bond donors (Lipinski definition) is 0. The average Bonchev–Trinajstić information content (AvgIpc) is 2.63. The highest BCUT2D eigenvalue weighted by atomic mass is 79.9. The minimum Gasteiger partial charge on any atom is -0.336 e. The quantitative estimate of drug-likeness (QED) is 0.766. The molecule has 0 aromatic heterocycles. The van der Waals surface area contributed by atoms with Gasteiger partial charge in [0.15, 0.2) is 0 Å². The lowest BCUT2D eigenvalue weighted by Crippen LogP contribution is -2.33. The van der Waals surface area contributed by atoms with Crippen LogP contribution in [0, 0.1) is 0 Å². The van der Waals surface area contributed by atoms with Crippen LogP contribution in [0.5, 0.6) is 0 Å². The number of carbonyl (C=O) groups excluding carboxylic acids is 1. The summed E-state index contributed by atoms with van der Waals surface area (Å²) in [6, 6.07) is 7.98. The fraction of sp³-hybridized carbons (Fsp3) is 0.417. The molecule has 1 fully saturated rings. The smallest absolute Gasteiger partial charge is 0.254 e. The highest BCUT2D eigenvalue weighted by Crippen LogP contribution is 2.20. The van der Waals surface area contributed by atoms with E-state index in [0.29, 0.717) is 6.04 Å².